The third kappa shape index (κ3) is 6.51. The molecule has 3 heteroatoms. The predicted octanol–water partition coefficient (Wildman–Crippen LogP) is 3.39. The summed E-state index contributed by atoms with van der Waals surface area (Å²) in [6, 6.07) is 10.8. The first-order valence-corrected chi connectivity index (χ1v) is 7.82. The molecule has 0 fully saturated rings. The van der Waals surface area contributed by atoms with Gasteiger partial charge in [-0.2, -0.15) is 0 Å². The SMILES string of the molecule is CCCNC(CCc1ccccc1)C(OCC)OCC. The van der Waals surface area contributed by atoms with E-state index in [1.807, 2.05) is 13.8 Å². The van der Waals surface area contributed by atoms with E-state index in [4.69, 9.17) is 9.47 Å². The molecule has 0 aromatic heterocycles. The van der Waals surface area contributed by atoms with Crippen molar-refractivity contribution in [3.8, 4) is 0 Å². The van der Waals surface area contributed by atoms with Crippen molar-refractivity contribution in [3.05, 3.63) is 35.9 Å². The van der Waals surface area contributed by atoms with Crippen LogP contribution < -0.4 is 5.32 Å². The maximum Gasteiger partial charge on any atom is 0.172 e. The van der Waals surface area contributed by atoms with Crippen LogP contribution in [0.1, 0.15) is 39.2 Å². The van der Waals surface area contributed by atoms with Gasteiger partial charge < -0.3 is 14.8 Å². The van der Waals surface area contributed by atoms with Crippen molar-refractivity contribution in [2.24, 2.45) is 0 Å². The lowest BCUT2D eigenvalue weighted by atomic mass is 10.0. The molecule has 3 nitrogen and oxygen atoms in total. The fraction of sp³-hybridized carbons (Fsp3) is 0.647. The maximum atomic E-state index is 5.75. The molecule has 1 unspecified atom stereocenters. The molecule has 114 valence electrons. The molecule has 0 bridgehead atoms. The quantitative estimate of drug-likeness (QED) is 0.630. The minimum Gasteiger partial charge on any atom is -0.351 e. The van der Waals surface area contributed by atoms with Crippen molar-refractivity contribution in [1.29, 1.82) is 0 Å². The Morgan fingerprint density at radius 1 is 1.00 bits per heavy atom. The zero-order chi connectivity index (χ0) is 14.6. The first kappa shape index (κ1) is 17.2. The average molecular weight is 279 g/mol. The summed E-state index contributed by atoms with van der Waals surface area (Å²) in [5.74, 6) is 0. The van der Waals surface area contributed by atoms with Crippen LogP contribution in [0.3, 0.4) is 0 Å². The zero-order valence-electron chi connectivity index (χ0n) is 13.1. The molecule has 20 heavy (non-hydrogen) atoms. The van der Waals surface area contributed by atoms with E-state index in [1.54, 1.807) is 0 Å². The molecule has 1 aromatic rings. The highest BCUT2D eigenvalue weighted by atomic mass is 16.7. The summed E-state index contributed by atoms with van der Waals surface area (Å²) in [4.78, 5) is 0. The third-order valence-electron chi connectivity index (χ3n) is 3.23. The summed E-state index contributed by atoms with van der Waals surface area (Å²) in [5, 5.41) is 3.56. The van der Waals surface area contributed by atoms with Crippen LogP contribution in [0.5, 0.6) is 0 Å². The first-order valence-electron chi connectivity index (χ1n) is 7.82. The smallest absolute Gasteiger partial charge is 0.172 e. The van der Waals surface area contributed by atoms with Gasteiger partial charge in [0, 0.05) is 13.2 Å². The Balaban J connectivity index is 2.56. The Labute approximate surface area is 123 Å². The lowest BCUT2D eigenvalue weighted by Gasteiger charge is -2.27. The predicted molar refractivity (Wildman–Crippen MR) is 83.9 cm³/mol. The first-order chi connectivity index (χ1) is 9.81. The van der Waals surface area contributed by atoms with Crippen molar-refractivity contribution >= 4 is 0 Å². The Morgan fingerprint density at radius 2 is 1.65 bits per heavy atom. The van der Waals surface area contributed by atoms with Crippen LogP contribution in [-0.2, 0) is 15.9 Å². The number of nitrogens with one attached hydrogen (secondary N) is 1. The molecule has 0 heterocycles. The number of aryl methyl sites for hydroxylation is 1. The van der Waals surface area contributed by atoms with Crippen LogP contribution >= 0.6 is 0 Å². The Hall–Kier alpha value is -0.900. The van der Waals surface area contributed by atoms with Gasteiger partial charge in [-0.1, -0.05) is 37.3 Å². The van der Waals surface area contributed by atoms with E-state index in [2.05, 4.69) is 42.6 Å². The number of benzene rings is 1. The van der Waals surface area contributed by atoms with Crippen molar-refractivity contribution in [2.75, 3.05) is 19.8 Å². The van der Waals surface area contributed by atoms with Gasteiger partial charge in [0.05, 0.1) is 6.04 Å². The van der Waals surface area contributed by atoms with E-state index in [1.165, 1.54) is 5.56 Å². The largest absolute Gasteiger partial charge is 0.351 e. The van der Waals surface area contributed by atoms with Crippen molar-refractivity contribution < 1.29 is 9.47 Å². The molecule has 0 amide bonds. The summed E-state index contributed by atoms with van der Waals surface area (Å²) >= 11 is 0. The summed E-state index contributed by atoms with van der Waals surface area (Å²) in [7, 11) is 0. The van der Waals surface area contributed by atoms with Crippen molar-refractivity contribution in [3.63, 3.8) is 0 Å². The summed E-state index contributed by atoms with van der Waals surface area (Å²) in [6.45, 7) is 8.56. The van der Waals surface area contributed by atoms with E-state index in [0.717, 1.165) is 25.8 Å². The van der Waals surface area contributed by atoms with Crippen LogP contribution in [0.4, 0.5) is 0 Å². The monoisotopic (exact) mass is 279 g/mol. The molecule has 0 radical (unpaired) electrons. The molecule has 1 rings (SSSR count). The molecule has 1 aromatic carbocycles. The zero-order valence-corrected chi connectivity index (χ0v) is 13.1. The van der Waals surface area contributed by atoms with Gasteiger partial charge in [0.15, 0.2) is 6.29 Å². The van der Waals surface area contributed by atoms with Gasteiger partial charge in [0.25, 0.3) is 0 Å². The van der Waals surface area contributed by atoms with E-state index in [9.17, 15) is 0 Å². The highest BCUT2D eigenvalue weighted by molar-refractivity contribution is 5.14. The van der Waals surface area contributed by atoms with Gasteiger partial charge in [-0.3, -0.25) is 0 Å². The molecule has 1 atom stereocenters. The molecule has 0 aliphatic rings. The fourth-order valence-electron chi connectivity index (χ4n) is 2.24. The second-order valence-electron chi connectivity index (χ2n) is 4.86. The summed E-state index contributed by atoms with van der Waals surface area (Å²) < 4.78 is 11.5. The number of ether oxygens (including phenoxy) is 2. The van der Waals surface area contributed by atoms with Crippen molar-refractivity contribution in [1.82, 2.24) is 5.32 Å². The molecule has 0 saturated heterocycles. The normalized spacial score (nSPS) is 12.8. The summed E-state index contributed by atoms with van der Waals surface area (Å²) in [5.41, 5.74) is 1.36. The van der Waals surface area contributed by atoms with E-state index in [0.29, 0.717) is 13.2 Å². The Kier molecular flexibility index (Phi) is 9.29. The van der Waals surface area contributed by atoms with Gasteiger partial charge in [-0.25, -0.2) is 0 Å². The van der Waals surface area contributed by atoms with Crippen molar-refractivity contribution in [2.45, 2.75) is 52.4 Å². The second kappa shape index (κ2) is 10.8. The van der Waals surface area contributed by atoms with Crippen LogP contribution in [0, 0.1) is 0 Å². The van der Waals surface area contributed by atoms with Crippen LogP contribution in [0.2, 0.25) is 0 Å². The molecule has 0 aliphatic carbocycles. The molecular weight excluding hydrogens is 250 g/mol. The van der Waals surface area contributed by atoms with E-state index in [-0.39, 0.29) is 12.3 Å². The molecule has 0 saturated carbocycles. The van der Waals surface area contributed by atoms with Gasteiger partial charge in [-0.05, 0) is 45.2 Å². The second-order valence-corrected chi connectivity index (χ2v) is 4.86. The van der Waals surface area contributed by atoms with Gasteiger partial charge >= 0.3 is 0 Å². The van der Waals surface area contributed by atoms with E-state index < -0.39 is 0 Å². The number of rotatable bonds is 11. The minimum absolute atomic E-state index is 0.153. The summed E-state index contributed by atoms with van der Waals surface area (Å²) in [6.07, 6.45) is 3.03. The van der Waals surface area contributed by atoms with Crippen LogP contribution in [-0.4, -0.2) is 32.1 Å². The maximum absolute atomic E-state index is 5.75. The molecule has 0 spiro atoms. The lowest BCUT2D eigenvalue weighted by Crippen LogP contribution is -2.43. The molecular formula is C17H29NO2. The topological polar surface area (TPSA) is 30.5 Å². The third-order valence-corrected chi connectivity index (χ3v) is 3.23. The van der Waals surface area contributed by atoms with Crippen LogP contribution in [0.15, 0.2) is 30.3 Å². The van der Waals surface area contributed by atoms with Crippen LogP contribution in [0.25, 0.3) is 0 Å². The fourth-order valence-corrected chi connectivity index (χ4v) is 2.24. The van der Waals surface area contributed by atoms with Gasteiger partial charge in [-0.15, -0.1) is 0 Å². The number of hydrogen-bond donors (Lipinski definition) is 1. The van der Waals surface area contributed by atoms with Gasteiger partial charge in [0.1, 0.15) is 0 Å². The Bertz CT molecular complexity index is 323. The average Bonchev–Trinajstić information content (AvgIpc) is 2.48. The highest BCUT2D eigenvalue weighted by Crippen LogP contribution is 2.11. The molecule has 0 aliphatic heterocycles. The van der Waals surface area contributed by atoms with E-state index >= 15 is 0 Å². The van der Waals surface area contributed by atoms with Gasteiger partial charge in [0.2, 0.25) is 0 Å². The number of hydrogen-bond acceptors (Lipinski definition) is 3. The minimum atomic E-state index is -0.153. The highest BCUT2D eigenvalue weighted by Gasteiger charge is 2.21. The standard InChI is InChI=1S/C17H29NO2/c1-4-14-18-16(17(19-5-2)20-6-3)13-12-15-10-8-7-9-11-15/h7-11,16-18H,4-6,12-14H2,1-3H3. The lowest BCUT2D eigenvalue weighted by molar-refractivity contribution is -0.154. The Morgan fingerprint density at radius 3 is 2.20 bits per heavy atom. The molecule has 1 N–H and O–H groups in total.